The molecule has 2 heterocycles. The minimum absolute atomic E-state index is 0.0275. The minimum Gasteiger partial charge on any atom is -0.279 e. The van der Waals surface area contributed by atoms with E-state index in [1.807, 2.05) is 59.0 Å². The number of benzene rings is 1. The highest BCUT2D eigenvalue weighted by Crippen LogP contribution is 2.29. The van der Waals surface area contributed by atoms with E-state index < -0.39 is 10.0 Å². The molecular formula is C18H23N3O2S2. The standard InChI is InChI=1S/C18H23N3O2S2/c1-11(2)16-17(21-10-14(5)24-18(21)20-16)25(22,23)19-9-15-8-12(3)6-7-13(15)4/h6-8,10-11,19H,9H2,1-5H3. The first kappa shape index (κ1) is 18.1. The Morgan fingerprint density at radius 2 is 1.96 bits per heavy atom. The molecule has 0 fully saturated rings. The molecule has 0 spiro atoms. The van der Waals surface area contributed by atoms with Crippen molar-refractivity contribution in [2.75, 3.05) is 0 Å². The number of aryl methyl sites for hydroxylation is 3. The molecule has 0 aliphatic carbocycles. The lowest BCUT2D eigenvalue weighted by Gasteiger charge is -2.11. The predicted octanol–water partition coefficient (Wildman–Crippen LogP) is 3.92. The van der Waals surface area contributed by atoms with Crippen molar-refractivity contribution in [3.05, 3.63) is 51.7 Å². The first-order valence-corrected chi connectivity index (χ1v) is 10.5. The van der Waals surface area contributed by atoms with Crippen molar-refractivity contribution in [1.82, 2.24) is 14.1 Å². The number of sulfonamides is 1. The van der Waals surface area contributed by atoms with E-state index in [2.05, 4.69) is 9.71 Å². The molecule has 0 saturated heterocycles. The maximum absolute atomic E-state index is 13.0. The summed E-state index contributed by atoms with van der Waals surface area (Å²) in [7, 11) is -3.68. The lowest BCUT2D eigenvalue weighted by molar-refractivity contribution is 0.572. The molecule has 0 bridgehead atoms. The number of rotatable bonds is 5. The van der Waals surface area contributed by atoms with Crippen LogP contribution in [-0.2, 0) is 16.6 Å². The van der Waals surface area contributed by atoms with Crippen LogP contribution in [0.25, 0.3) is 4.96 Å². The van der Waals surface area contributed by atoms with Gasteiger partial charge in [0.1, 0.15) is 0 Å². The first-order chi connectivity index (χ1) is 11.7. The predicted molar refractivity (Wildman–Crippen MR) is 102 cm³/mol. The van der Waals surface area contributed by atoms with Crippen LogP contribution in [0.5, 0.6) is 0 Å². The zero-order valence-corrected chi connectivity index (χ0v) is 16.8. The van der Waals surface area contributed by atoms with Crippen LogP contribution >= 0.6 is 11.3 Å². The molecule has 3 aromatic rings. The van der Waals surface area contributed by atoms with Crippen LogP contribution in [0.1, 0.15) is 47.0 Å². The third-order valence-electron chi connectivity index (χ3n) is 4.18. The van der Waals surface area contributed by atoms with Crippen molar-refractivity contribution < 1.29 is 8.42 Å². The van der Waals surface area contributed by atoms with Crippen molar-refractivity contribution >= 4 is 26.3 Å². The van der Waals surface area contributed by atoms with Crippen LogP contribution in [0.15, 0.2) is 29.4 Å². The number of nitrogens with zero attached hydrogens (tertiary/aromatic N) is 2. The molecular weight excluding hydrogens is 354 g/mol. The summed E-state index contributed by atoms with van der Waals surface area (Å²) in [6, 6.07) is 6.05. The van der Waals surface area contributed by atoms with Crippen LogP contribution < -0.4 is 4.72 Å². The molecule has 25 heavy (non-hydrogen) atoms. The molecule has 0 atom stereocenters. The van der Waals surface area contributed by atoms with E-state index in [-0.39, 0.29) is 17.5 Å². The number of hydrogen-bond acceptors (Lipinski definition) is 4. The summed E-state index contributed by atoms with van der Waals surface area (Å²) >= 11 is 1.50. The van der Waals surface area contributed by atoms with Gasteiger partial charge in [-0.25, -0.2) is 18.1 Å². The molecule has 3 rings (SSSR count). The van der Waals surface area contributed by atoms with Crippen LogP contribution in [-0.4, -0.2) is 17.8 Å². The van der Waals surface area contributed by atoms with Gasteiger partial charge in [-0.2, -0.15) is 0 Å². The van der Waals surface area contributed by atoms with Gasteiger partial charge in [-0.1, -0.05) is 37.6 Å². The van der Waals surface area contributed by atoms with E-state index in [0.29, 0.717) is 10.7 Å². The van der Waals surface area contributed by atoms with Gasteiger partial charge in [0.2, 0.25) is 0 Å². The van der Waals surface area contributed by atoms with Gasteiger partial charge in [-0.05, 0) is 37.8 Å². The summed E-state index contributed by atoms with van der Waals surface area (Å²) in [6.45, 7) is 10.1. The van der Waals surface area contributed by atoms with E-state index in [4.69, 9.17) is 0 Å². The molecule has 0 radical (unpaired) electrons. The highest BCUT2D eigenvalue weighted by Gasteiger charge is 2.27. The molecule has 1 aromatic carbocycles. The molecule has 0 aliphatic heterocycles. The summed E-state index contributed by atoms with van der Waals surface area (Å²) in [4.78, 5) is 6.30. The fourth-order valence-electron chi connectivity index (χ4n) is 2.83. The normalized spacial score (nSPS) is 12.4. The number of hydrogen-bond donors (Lipinski definition) is 1. The van der Waals surface area contributed by atoms with Crippen LogP contribution in [0.3, 0.4) is 0 Å². The third-order valence-corrected chi connectivity index (χ3v) is 6.52. The molecule has 0 amide bonds. The van der Waals surface area contributed by atoms with E-state index in [1.165, 1.54) is 11.3 Å². The molecule has 5 nitrogen and oxygen atoms in total. The van der Waals surface area contributed by atoms with Gasteiger partial charge < -0.3 is 0 Å². The maximum atomic E-state index is 13.0. The van der Waals surface area contributed by atoms with Crippen LogP contribution in [0, 0.1) is 20.8 Å². The Morgan fingerprint density at radius 3 is 2.64 bits per heavy atom. The van der Waals surface area contributed by atoms with Crippen molar-refractivity contribution in [2.24, 2.45) is 0 Å². The molecule has 134 valence electrons. The van der Waals surface area contributed by atoms with Crippen LogP contribution in [0.2, 0.25) is 0 Å². The maximum Gasteiger partial charge on any atom is 0.258 e. The lowest BCUT2D eigenvalue weighted by Crippen LogP contribution is -2.26. The summed E-state index contributed by atoms with van der Waals surface area (Å²) in [6.07, 6.45) is 1.84. The smallest absolute Gasteiger partial charge is 0.258 e. The van der Waals surface area contributed by atoms with Gasteiger partial charge in [0, 0.05) is 17.6 Å². The van der Waals surface area contributed by atoms with Crippen molar-refractivity contribution in [1.29, 1.82) is 0 Å². The second-order valence-corrected chi connectivity index (χ2v) is 9.60. The first-order valence-electron chi connectivity index (χ1n) is 8.23. The molecule has 0 aliphatic rings. The SMILES string of the molecule is Cc1ccc(C)c(CNS(=O)(=O)c2c(C(C)C)nc3sc(C)cn23)c1. The average Bonchev–Trinajstić information content (AvgIpc) is 3.04. The highest BCUT2D eigenvalue weighted by molar-refractivity contribution is 7.89. The molecule has 0 saturated carbocycles. The third kappa shape index (κ3) is 3.49. The van der Waals surface area contributed by atoms with Crippen molar-refractivity contribution in [2.45, 2.75) is 52.1 Å². The summed E-state index contributed by atoms with van der Waals surface area (Å²) in [5, 5.41) is 0.257. The Kier molecular flexibility index (Phi) is 4.74. The Hall–Kier alpha value is -1.70. The summed E-state index contributed by atoms with van der Waals surface area (Å²) in [5.74, 6) is 0.0275. The number of nitrogens with one attached hydrogen (secondary N) is 1. The minimum atomic E-state index is -3.68. The second-order valence-electron chi connectivity index (χ2n) is 6.71. The number of imidazole rings is 1. The quantitative estimate of drug-likeness (QED) is 0.733. The van der Waals surface area contributed by atoms with E-state index in [1.54, 1.807) is 4.40 Å². The highest BCUT2D eigenvalue weighted by atomic mass is 32.2. The zero-order valence-electron chi connectivity index (χ0n) is 15.1. The van der Waals surface area contributed by atoms with Gasteiger partial charge in [0.15, 0.2) is 9.99 Å². The van der Waals surface area contributed by atoms with E-state index in [0.717, 1.165) is 21.6 Å². The summed E-state index contributed by atoms with van der Waals surface area (Å²) in [5.41, 5.74) is 3.78. The van der Waals surface area contributed by atoms with Gasteiger partial charge in [0.25, 0.3) is 10.0 Å². The van der Waals surface area contributed by atoms with Gasteiger partial charge >= 0.3 is 0 Å². The number of aromatic nitrogens is 2. The molecule has 1 N–H and O–H groups in total. The van der Waals surface area contributed by atoms with E-state index in [9.17, 15) is 8.42 Å². The largest absolute Gasteiger partial charge is 0.279 e. The Bertz CT molecular complexity index is 1030. The number of fused-ring (bicyclic) bond motifs is 1. The Balaban J connectivity index is 2.00. The Morgan fingerprint density at radius 1 is 1.24 bits per heavy atom. The lowest BCUT2D eigenvalue weighted by atomic mass is 10.1. The molecule has 2 aromatic heterocycles. The Labute approximate surface area is 152 Å². The number of thiazole rings is 1. The van der Waals surface area contributed by atoms with Gasteiger partial charge in [-0.3, -0.25) is 4.40 Å². The molecule has 0 unspecified atom stereocenters. The summed E-state index contributed by atoms with van der Waals surface area (Å²) < 4.78 is 30.5. The second kappa shape index (κ2) is 6.55. The van der Waals surface area contributed by atoms with Crippen molar-refractivity contribution in [3.63, 3.8) is 0 Å². The zero-order chi connectivity index (χ0) is 18.4. The average molecular weight is 378 g/mol. The molecule has 7 heteroatoms. The van der Waals surface area contributed by atoms with Gasteiger partial charge in [-0.15, -0.1) is 11.3 Å². The monoisotopic (exact) mass is 377 g/mol. The van der Waals surface area contributed by atoms with E-state index >= 15 is 0 Å². The topological polar surface area (TPSA) is 63.5 Å². The fraction of sp³-hybridized carbons (Fsp3) is 0.389. The van der Waals surface area contributed by atoms with Crippen molar-refractivity contribution in [3.8, 4) is 0 Å². The van der Waals surface area contributed by atoms with Gasteiger partial charge in [0.05, 0.1) is 5.69 Å². The fourth-order valence-corrected chi connectivity index (χ4v) is 5.16. The van der Waals surface area contributed by atoms with Crippen LogP contribution in [0.4, 0.5) is 0 Å².